The second-order valence-electron chi connectivity index (χ2n) is 4.22. The standard InChI is InChI=1S/C10H17F2NO2/c1-7(6-14)13-9(15)8-2-4-10(11,12)5-3-8/h7-8,14H,2-6H2,1H3,(H,13,15)/t7-/m1/s1. The van der Waals surface area contributed by atoms with Crippen LogP contribution in [0.2, 0.25) is 0 Å². The molecule has 0 aliphatic heterocycles. The topological polar surface area (TPSA) is 49.3 Å². The number of aliphatic hydroxyl groups excluding tert-OH is 1. The van der Waals surface area contributed by atoms with Crippen LogP contribution in [0, 0.1) is 5.92 Å². The van der Waals surface area contributed by atoms with Crippen LogP contribution in [0.5, 0.6) is 0 Å². The van der Waals surface area contributed by atoms with Crippen molar-refractivity contribution in [3.05, 3.63) is 0 Å². The normalized spacial score (nSPS) is 23.5. The fourth-order valence-corrected chi connectivity index (χ4v) is 1.71. The van der Waals surface area contributed by atoms with Gasteiger partial charge in [0.25, 0.3) is 0 Å². The first-order chi connectivity index (χ1) is 6.94. The molecule has 1 saturated carbocycles. The number of amides is 1. The molecule has 0 aromatic heterocycles. The van der Waals surface area contributed by atoms with Gasteiger partial charge in [-0.3, -0.25) is 4.79 Å². The molecule has 1 aliphatic rings. The molecule has 0 saturated heterocycles. The van der Waals surface area contributed by atoms with E-state index in [1.165, 1.54) is 0 Å². The fraction of sp³-hybridized carbons (Fsp3) is 0.900. The Kier molecular flexibility index (Phi) is 4.02. The molecule has 88 valence electrons. The molecule has 5 heteroatoms. The van der Waals surface area contributed by atoms with E-state index in [4.69, 9.17) is 5.11 Å². The molecule has 1 fully saturated rings. The van der Waals surface area contributed by atoms with Crippen LogP contribution in [0.1, 0.15) is 32.6 Å². The number of hydrogen-bond donors (Lipinski definition) is 2. The first-order valence-corrected chi connectivity index (χ1v) is 5.23. The zero-order chi connectivity index (χ0) is 11.5. The molecule has 0 bridgehead atoms. The number of aliphatic hydroxyl groups is 1. The molecule has 1 atom stereocenters. The van der Waals surface area contributed by atoms with E-state index in [0.717, 1.165) is 0 Å². The second-order valence-corrected chi connectivity index (χ2v) is 4.22. The number of carbonyl (C=O) groups excluding carboxylic acids is 1. The molecule has 15 heavy (non-hydrogen) atoms. The second kappa shape index (κ2) is 4.88. The van der Waals surface area contributed by atoms with E-state index in [1.54, 1.807) is 6.92 Å². The van der Waals surface area contributed by atoms with Gasteiger partial charge in [-0.1, -0.05) is 0 Å². The number of carbonyl (C=O) groups is 1. The van der Waals surface area contributed by atoms with E-state index in [1.807, 2.05) is 0 Å². The van der Waals surface area contributed by atoms with Crippen LogP contribution in [-0.2, 0) is 4.79 Å². The van der Waals surface area contributed by atoms with Crippen molar-refractivity contribution in [3.63, 3.8) is 0 Å². The first kappa shape index (κ1) is 12.4. The molecule has 0 spiro atoms. The van der Waals surface area contributed by atoms with Crippen molar-refractivity contribution < 1.29 is 18.7 Å². The molecule has 0 aromatic carbocycles. The Bertz CT molecular complexity index is 223. The molecule has 0 aromatic rings. The summed E-state index contributed by atoms with van der Waals surface area (Å²) in [6, 6.07) is -0.306. The maximum atomic E-state index is 12.8. The van der Waals surface area contributed by atoms with Gasteiger partial charge in [-0.05, 0) is 19.8 Å². The summed E-state index contributed by atoms with van der Waals surface area (Å²) in [4.78, 5) is 11.5. The minimum atomic E-state index is -2.60. The number of halogens is 2. The first-order valence-electron chi connectivity index (χ1n) is 5.23. The number of nitrogens with one attached hydrogen (secondary N) is 1. The van der Waals surface area contributed by atoms with Gasteiger partial charge in [-0.25, -0.2) is 8.78 Å². The van der Waals surface area contributed by atoms with Crippen LogP contribution in [0.25, 0.3) is 0 Å². The average Bonchev–Trinajstić information content (AvgIpc) is 2.17. The number of hydrogen-bond acceptors (Lipinski definition) is 2. The molecule has 1 aliphatic carbocycles. The maximum absolute atomic E-state index is 12.8. The van der Waals surface area contributed by atoms with Gasteiger partial charge in [0.1, 0.15) is 0 Å². The molecule has 0 heterocycles. The summed E-state index contributed by atoms with van der Waals surface area (Å²) in [5, 5.41) is 11.3. The van der Waals surface area contributed by atoms with Gasteiger partial charge in [-0.2, -0.15) is 0 Å². The highest BCUT2D eigenvalue weighted by Gasteiger charge is 2.37. The van der Waals surface area contributed by atoms with Crippen LogP contribution in [-0.4, -0.2) is 29.6 Å². The smallest absolute Gasteiger partial charge is 0.248 e. The lowest BCUT2D eigenvalue weighted by Crippen LogP contribution is -2.41. The number of alkyl halides is 2. The summed E-state index contributed by atoms with van der Waals surface area (Å²) >= 11 is 0. The largest absolute Gasteiger partial charge is 0.394 e. The molecule has 0 unspecified atom stereocenters. The molecule has 0 radical (unpaired) electrons. The highest BCUT2D eigenvalue weighted by atomic mass is 19.3. The Hall–Kier alpha value is -0.710. The predicted octanol–water partition coefficient (Wildman–Crippen LogP) is 1.31. The minimum absolute atomic E-state index is 0.130. The Morgan fingerprint density at radius 1 is 1.53 bits per heavy atom. The van der Waals surface area contributed by atoms with E-state index in [-0.39, 0.29) is 50.2 Å². The van der Waals surface area contributed by atoms with Crippen molar-refractivity contribution in [3.8, 4) is 0 Å². The Morgan fingerprint density at radius 3 is 2.53 bits per heavy atom. The van der Waals surface area contributed by atoms with E-state index in [0.29, 0.717) is 0 Å². The van der Waals surface area contributed by atoms with E-state index in [2.05, 4.69) is 5.32 Å². The third-order valence-corrected chi connectivity index (χ3v) is 2.75. The van der Waals surface area contributed by atoms with Gasteiger partial charge < -0.3 is 10.4 Å². The monoisotopic (exact) mass is 221 g/mol. The van der Waals surface area contributed by atoms with Gasteiger partial charge in [0.15, 0.2) is 0 Å². The molecular formula is C10H17F2NO2. The molecule has 1 amide bonds. The lowest BCUT2D eigenvalue weighted by Gasteiger charge is -2.28. The van der Waals surface area contributed by atoms with Crippen LogP contribution in [0.3, 0.4) is 0 Å². The van der Waals surface area contributed by atoms with Crippen molar-refractivity contribution in [2.45, 2.75) is 44.6 Å². The lowest BCUT2D eigenvalue weighted by atomic mass is 9.86. The highest BCUT2D eigenvalue weighted by molar-refractivity contribution is 5.79. The summed E-state index contributed by atoms with van der Waals surface area (Å²) in [5.41, 5.74) is 0. The van der Waals surface area contributed by atoms with Gasteiger partial charge in [0.05, 0.1) is 6.61 Å². The van der Waals surface area contributed by atoms with Gasteiger partial charge in [-0.15, -0.1) is 0 Å². The van der Waals surface area contributed by atoms with Gasteiger partial charge in [0, 0.05) is 24.8 Å². The minimum Gasteiger partial charge on any atom is -0.394 e. The van der Waals surface area contributed by atoms with Crippen molar-refractivity contribution in [2.24, 2.45) is 5.92 Å². The Morgan fingerprint density at radius 2 is 2.07 bits per heavy atom. The summed E-state index contributed by atoms with van der Waals surface area (Å²) < 4.78 is 25.6. The van der Waals surface area contributed by atoms with E-state index < -0.39 is 5.92 Å². The summed E-state index contributed by atoms with van der Waals surface area (Å²) in [6.45, 7) is 1.55. The SMILES string of the molecule is C[C@H](CO)NC(=O)C1CCC(F)(F)CC1. The van der Waals surface area contributed by atoms with Crippen molar-refractivity contribution in [2.75, 3.05) is 6.61 Å². The predicted molar refractivity (Wildman–Crippen MR) is 51.6 cm³/mol. The van der Waals surface area contributed by atoms with E-state index in [9.17, 15) is 13.6 Å². The zero-order valence-corrected chi connectivity index (χ0v) is 8.80. The van der Waals surface area contributed by atoms with Crippen LogP contribution in [0.15, 0.2) is 0 Å². The van der Waals surface area contributed by atoms with Gasteiger partial charge in [0.2, 0.25) is 11.8 Å². The van der Waals surface area contributed by atoms with Crippen molar-refractivity contribution in [1.82, 2.24) is 5.32 Å². The van der Waals surface area contributed by atoms with Crippen LogP contribution < -0.4 is 5.32 Å². The quantitative estimate of drug-likeness (QED) is 0.755. The Balaban J connectivity index is 2.36. The molecule has 1 rings (SSSR count). The third kappa shape index (κ3) is 3.74. The zero-order valence-electron chi connectivity index (χ0n) is 8.80. The summed E-state index contributed by atoms with van der Waals surface area (Å²) in [6.07, 6.45) is 0.0468. The molecular weight excluding hydrogens is 204 g/mol. The van der Waals surface area contributed by atoms with Crippen LogP contribution in [0.4, 0.5) is 8.78 Å². The highest BCUT2D eigenvalue weighted by Crippen LogP contribution is 2.36. The fourth-order valence-electron chi connectivity index (χ4n) is 1.71. The maximum Gasteiger partial charge on any atom is 0.248 e. The van der Waals surface area contributed by atoms with Crippen molar-refractivity contribution in [1.29, 1.82) is 0 Å². The summed E-state index contributed by atoms with van der Waals surface area (Å²) in [7, 11) is 0. The van der Waals surface area contributed by atoms with Crippen molar-refractivity contribution >= 4 is 5.91 Å². The van der Waals surface area contributed by atoms with Gasteiger partial charge >= 0.3 is 0 Å². The Labute approximate surface area is 87.9 Å². The average molecular weight is 221 g/mol. The molecule has 2 N–H and O–H groups in total. The van der Waals surface area contributed by atoms with Crippen LogP contribution >= 0.6 is 0 Å². The van der Waals surface area contributed by atoms with E-state index >= 15 is 0 Å². The summed E-state index contributed by atoms with van der Waals surface area (Å²) in [5.74, 6) is -3.13. The lowest BCUT2D eigenvalue weighted by molar-refractivity contribution is -0.130. The third-order valence-electron chi connectivity index (χ3n) is 2.75. The number of rotatable bonds is 3. The molecule has 3 nitrogen and oxygen atoms in total.